The van der Waals surface area contributed by atoms with E-state index in [0.29, 0.717) is 25.1 Å². The molecule has 1 unspecified atom stereocenters. The molecular weight excluding hydrogens is 292 g/mol. The highest BCUT2D eigenvalue weighted by atomic mass is 16.5. The molecule has 0 amide bonds. The second kappa shape index (κ2) is 7.78. The van der Waals surface area contributed by atoms with Crippen molar-refractivity contribution >= 4 is 5.82 Å². The zero-order valence-corrected chi connectivity index (χ0v) is 13.3. The number of anilines is 1. The fraction of sp³-hybridized carbons (Fsp3) is 0.412. The highest BCUT2D eigenvalue weighted by molar-refractivity contribution is 5.49. The average molecular weight is 314 g/mol. The van der Waals surface area contributed by atoms with E-state index in [1.165, 1.54) is 0 Å². The van der Waals surface area contributed by atoms with Gasteiger partial charge in [-0.05, 0) is 19.1 Å². The van der Waals surface area contributed by atoms with Crippen LogP contribution in [0.3, 0.4) is 0 Å². The summed E-state index contributed by atoms with van der Waals surface area (Å²) < 4.78 is 11.4. The van der Waals surface area contributed by atoms with Crippen LogP contribution in [0.2, 0.25) is 0 Å². The quantitative estimate of drug-likeness (QED) is 0.820. The maximum atomic E-state index is 5.80. The zero-order valence-electron chi connectivity index (χ0n) is 13.3. The maximum absolute atomic E-state index is 5.80. The normalized spacial score (nSPS) is 17.8. The van der Waals surface area contributed by atoms with Crippen molar-refractivity contribution < 1.29 is 9.47 Å². The summed E-state index contributed by atoms with van der Waals surface area (Å²) in [5, 5.41) is 3.37. The number of aromatic nitrogens is 2. The SMILES string of the molecule is CC1CNCCN1c1nccnc1OCCOc1ccccc1. The Morgan fingerprint density at radius 3 is 2.74 bits per heavy atom. The number of ether oxygens (including phenoxy) is 2. The zero-order chi connectivity index (χ0) is 15.9. The number of piperazine rings is 1. The Morgan fingerprint density at radius 1 is 1.13 bits per heavy atom. The largest absolute Gasteiger partial charge is 0.490 e. The molecule has 1 atom stereocenters. The molecule has 23 heavy (non-hydrogen) atoms. The minimum atomic E-state index is 0.364. The van der Waals surface area contributed by atoms with Crippen molar-refractivity contribution in [1.82, 2.24) is 15.3 Å². The molecule has 1 saturated heterocycles. The van der Waals surface area contributed by atoms with Gasteiger partial charge in [0, 0.05) is 38.1 Å². The second-order valence-corrected chi connectivity index (χ2v) is 5.44. The van der Waals surface area contributed by atoms with Crippen molar-refractivity contribution in [2.45, 2.75) is 13.0 Å². The lowest BCUT2D eigenvalue weighted by atomic mass is 10.2. The predicted molar refractivity (Wildman–Crippen MR) is 89.1 cm³/mol. The third-order valence-electron chi connectivity index (χ3n) is 3.75. The van der Waals surface area contributed by atoms with Gasteiger partial charge in [0.25, 0.3) is 5.88 Å². The lowest BCUT2D eigenvalue weighted by Crippen LogP contribution is -2.50. The highest BCUT2D eigenvalue weighted by Crippen LogP contribution is 2.25. The number of rotatable bonds is 6. The molecule has 1 aliphatic rings. The van der Waals surface area contributed by atoms with Crippen molar-refractivity contribution in [3.05, 3.63) is 42.7 Å². The Kier molecular flexibility index (Phi) is 5.26. The van der Waals surface area contributed by atoms with Gasteiger partial charge in [0.2, 0.25) is 0 Å². The monoisotopic (exact) mass is 314 g/mol. The summed E-state index contributed by atoms with van der Waals surface area (Å²) in [7, 11) is 0. The van der Waals surface area contributed by atoms with E-state index in [-0.39, 0.29) is 0 Å². The summed E-state index contributed by atoms with van der Waals surface area (Å²) in [6, 6.07) is 10.1. The van der Waals surface area contributed by atoms with Gasteiger partial charge in [-0.3, -0.25) is 0 Å². The van der Waals surface area contributed by atoms with Gasteiger partial charge in [-0.2, -0.15) is 0 Å². The number of hydrogen-bond donors (Lipinski definition) is 1. The molecule has 1 fully saturated rings. The first-order valence-electron chi connectivity index (χ1n) is 7.93. The van der Waals surface area contributed by atoms with E-state index in [2.05, 4.69) is 27.1 Å². The van der Waals surface area contributed by atoms with Gasteiger partial charge in [-0.25, -0.2) is 9.97 Å². The first-order chi connectivity index (χ1) is 11.3. The van der Waals surface area contributed by atoms with E-state index in [0.717, 1.165) is 31.2 Å². The topological polar surface area (TPSA) is 59.5 Å². The summed E-state index contributed by atoms with van der Waals surface area (Å²) in [5.74, 6) is 2.21. The fourth-order valence-corrected chi connectivity index (χ4v) is 2.59. The van der Waals surface area contributed by atoms with E-state index >= 15 is 0 Å². The van der Waals surface area contributed by atoms with Crippen LogP contribution in [-0.2, 0) is 0 Å². The third kappa shape index (κ3) is 4.10. The summed E-state index contributed by atoms with van der Waals surface area (Å²) >= 11 is 0. The summed E-state index contributed by atoms with van der Waals surface area (Å²) in [6.07, 6.45) is 3.36. The van der Waals surface area contributed by atoms with Crippen molar-refractivity contribution in [1.29, 1.82) is 0 Å². The van der Waals surface area contributed by atoms with Crippen LogP contribution < -0.4 is 19.7 Å². The number of nitrogens with one attached hydrogen (secondary N) is 1. The molecule has 2 aromatic rings. The van der Waals surface area contributed by atoms with Gasteiger partial charge in [-0.15, -0.1) is 0 Å². The summed E-state index contributed by atoms with van der Waals surface area (Å²) in [5.41, 5.74) is 0. The standard InChI is InChI=1S/C17H22N4O2/c1-14-13-18-9-10-21(14)16-17(20-8-7-19-16)23-12-11-22-15-5-3-2-4-6-15/h2-8,14,18H,9-13H2,1H3. The molecule has 0 spiro atoms. The van der Waals surface area contributed by atoms with Crippen molar-refractivity contribution in [3.63, 3.8) is 0 Å². The Labute approximate surface area is 136 Å². The van der Waals surface area contributed by atoms with Gasteiger partial charge in [0.05, 0.1) is 0 Å². The fourth-order valence-electron chi connectivity index (χ4n) is 2.59. The highest BCUT2D eigenvalue weighted by Gasteiger charge is 2.23. The molecule has 0 radical (unpaired) electrons. The molecule has 0 bridgehead atoms. The van der Waals surface area contributed by atoms with E-state index < -0.39 is 0 Å². The molecule has 1 aromatic carbocycles. The third-order valence-corrected chi connectivity index (χ3v) is 3.75. The molecular formula is C17H22N4O2. The van der Waals surface area contributed by atoms with Crippen LogP contribution >= 0.6 is 0 Å². The van der Waals surface area contributed by atoms with E-state index in [4.69, 9.17) is 9.47 Å². The Morgan fingerprint density at radius 2 is 1.91 bits per heavy atom. The molecule has 0 aliphatic carbocycles. The van der Waals surface area contributed by atoms with Crippen LogP contribution in [0.1, 0.15) is 6.92 Å². The van der Waals surface area contributed by atoms with Crippen molar-refractivity contribution in [2.24, 2.45) is 0 Å². The van der Waals surface area contributed by atoms with Crippen LogP contribution in [0.5, 0.6) is 11.6 Å². The molecule has 1 aromatic heterocycles. The van der Waals surface area contributed by atoms with Crippen molar-refractivity contribution in [3.8, 4) is 11.6 Å². The minimum absolute atomic E-state index is 0.364. The van der Waals surface area contributed by atoms with Crippen LogP contribution in [0.4, 0.5) is 5.82 Å². The second-order valence-electron chi connectivity index (χ2n) is 5.44. The van der Waals surface area contributed by atoms with Crippen LogP contribution in [0.25, 0.3) is 0 Å². The van der Waals surface area contributed by atoms with Crippen LogP contribution in [-0.4, -0.2) is 48.9 Å². The predicted octanol–water partition coefficient (Wildman–Crippen LogP) is 1.73. The summed E-state index contributed by atoms with van der Waals surface area (Å²) in [4.78, 5) is 11.0. The van der Waals surface area contributed by atoms with E-state index in [9.17, 15) is 0 Å². The first kappa shape index (κ1) is 15.6. The molecule has 6 nitrogen and oxygen atoms in total. The Hall–Kier alpha value is -2.34. The number of nitrogens with zero attached hydrogens (tertiary/aromatic N) is 3. The number of benzene rings is 1. The van der Waals surface area contributed by atoms with Gasteiger partial charge in [0.1, 0.15) is 19.0 Å². The maximum Gasteiger partial charge on any atom is 0.257 e. The van der Waals surface area contributed by atoms with Crippen LogP contribution in [0.15, 0.2) is 42.7 Å². The minimum Gasteiger partial charge on any atom is -0.490 e. The van der Waals surface area contributed by atoms with Crippen molar-refractivity contribution in [2.75, 3.05) is 37.7 Å². The average Bonchev–Trinajstić information content (AvgIpc) is 2.61. The van der Waals surface area contributed by atoms with Gasteiger partial charge in [-0.1, -0.05) is 18.2 Å². The van der Waals surface area contributed by atoms with Gasteiger partial charge < -0.3 is 19.7 Å². The molecule has 6 heteroatoms. The Bertz CT molecular complexity index is 609. The summed E-state index contributed by atoms with van der Waals surface area (Å²) in [6.45, 7) is 5.85. The molecule has 1 N–H and O–H groups in total. The van der Waals surface area contributed by atoms with Crippen LogP contribution in [0, 0.1) is 0 Å². The first-order valence-corrected chi connectivity index (χ1v) is 7.93. The smallest absolute Gasteiger partial charge is 0.257 e. The molecule has 2 heterocycles. The lowest BCUT2D eigenvalue weighted by molar-refractivity contribution is 0.211. The number of para-hydroxylation sites is 1. The molecule has 0 saturated carbocycles. The van der Waals surface area contributed by atoms with Gasteiger partial charge in [0.15, 0.2) is 5.82 Å². The van der Waals surface area contributed by atoms with E-state index in [1.807, 2.05) is 30.3 Å². The Balaban J connectivity index is 1.57. The van der Waals surface area contributed by atoms with Gasteiger partial charge >= 0.3 is 0 Å². The molecule has 1 aliphatic heterocycles. The van der Waals surface area contributed by atoms with E-state index in [1.54, 1.807) is 12.4 Å². The molecule has 3 rings (SSSR count). The lowest BCUT2D eigenvalue weighted by Gasteiger charge is -2.35. The molecule has 122 valence electrons. The number of hydrogen-bond acceptors (Lipinski definition) is 6.